The van der Waals surface area contributed by atoms with E-state index < -0.39 is 0 Å². The van der Waals surface area contributed by atoms with Crippen molar-refractivity contribution in [2.75, 3.05) is 6.54 Å². The van der Waals surface area contributed by atoms with Crippen LogP contribution in [0.1, 0.15) is 72.6 Å². The number of rotatable bonds is 7. The number of hydrogen-bond acceptors (Lipinski definition) is 2. The maximum absolute atomic E-state index is 11.9. The first-order chi connectivity index (χ1) is 9.54. The predicted octanol–water partition coefficient (Wildman–Crippen LogP) is 4.75. The molecule has 0 saturated heterocycles. The third-order valence-electron chi connectivity index (χ3n) is 4.52. The monoisotopic (exact) mass is 283 g/mol. The van der Waals surface area contributed by atoms with E-state index in [4.69, 9.17) is 4.74 Å². The van der Waals surface area contributed by atoms with Crippen LogP contribution in [0.3, 0.4) is 0 Å². The number of hydrogen-bond donors (Lipinski definition) is 1. The first-order valence-electron chi connectivity index (χ1n) is 8.49. The summed E-state index contributed by atoms with van der Waals surface area (Å²) in [5.74, 6) is 1.79. The van der Waals surface area contributed by atoms with E-state index in [1.807, 2.05) is 0 Å². The van der Waals surface area contributed by atoms with Crippen LogP contribution in [0.2, 0.25) is 0 Å². The Bertz CT molecular complexity index is 278. The van der Waals surface area contributed by atoms with Gasteiger partial charge in [0.25, 0.3) is 0 Å². The van der Waals surface area contributed by atoms with Crippen molar-refractivity contribution in [3.63, 3.8) is 0 Å². The second-order valence-electron chi connectivity index (χ2n) is 6.76. The minimum atomic E-state index is -0.216. The fraction of sp³-hybridized carbons (Fsp3) is 0.941. The first kappa shape index (κ1) is 17.3. The molecule has 1 saturated carbocycles. The van der Waals surface area contributed by atoms with Gasteiger partial charge in [-0.25, -0.2) is 4.79 Å². The quantitative estimate of drug-likeness (QED) is 0.684. The topological polar surface area (TPSA) is 38.3 Å². The van der Waals surface area contributed by atoms with Crippen molar-refractivity contribution < 1.29 is 9.53 Å². The van der Waals surface area contributed by atoms with Gasteiger partial charge in [0, 0.05) is 6.54 Å². The molecular weight excluding hydrogens is 250 g/mol. The summed E-state index contributed by atoms with van der Waals surface area (Å²) in [5.41, 5.74) is 0. The summed E-state index contributed by atoms with van der Waals surface area (Å²) < 4.78 is 5.69. The maximum Gasteiger partial charge on any atom is 0.407 e. The molecule has 1 aliphatic rings. The Balaban J connectivity index is 2.30. The predicted molar refractivity (Wildman–Crippen MR) is 83.8 cm³/mol. The highest BCUT2D eigenvalue weighted by molar-refractivity contribution is 5.67. The summed E-state index contributed by atoms with van der Waals surface area (Å²) in [6.45, 7) is 9.67. The molecule has 3 atom stereocenters. The molecule has 118 valence electrons. The molecule has 0 aromatic rings. The Morgan fingerprint density at radius 3 is 2.65 bits per heavy atom. The highest BCUT2D eigenvalue weighted by Gasteiger charge is 2.33. The number of alkyl carbamates (subject to hydrolysis) is 1. The average Bonchev–Trinajstić information content (AvgIpc) is 2.38. The maximum atomic E-state index is 11.9. The molecule has 0 aromatic carbocycles. The van der Waals surface area contributed by atoms with Gasteiger partial charge in [0.1, 0.15) is 6.10 Å². The molecule has 1 rings (SSSR count). The fourth-order valence-electron chi connectivity index (χ4n) is 3.17. The summed E-state index contributed by atoms with van der Waals surface area (Å²) in [6.07, 6.45) is 8.07. The van der Waals surface area contributed by atoms with Gasteiger partial charge in [0.15, 0.2) is 0 Å². The molecule has 1 aliphatic carbocycles. The zero-order valence-corrected chi connectivity index (χ0v) is 13.8. The van der Waals surface area contributed by atoms with Crippen molar-refractivity contribution in [3.05, 3.63) is 0 Å². The lowest BCUT2D eigenvalue weighted by atomic mass is 9.75. The fourth-order valence-corrected chi connectivity index (χ4v) is 3.17. The van der Waals surface area contributed by atoms with E-state index in [-0.39, 0.29) is 12.2 Å². The summed E-state index contributed by atoms with van der Waals surface area (Å²) in [5, 5.41) is 2.90. The zero-order chi connectivity index (χ0) is 15.0. The first-order valence-corrected chi connectivity index (χ1v) is 8.49. The molecule has 1 N–H and O–H groups in total. The van der Waals surface area contributed by atoms with Gasteiger partial charge in [0.05, 0.1) is 0 Å². The van der Waals surface area contributed by atoms with Gasteiger partial charge in [-0.2, -0.15) is 0 Å². The van der Waals surface area contributed by atoms with Crippen molar-refractivity contribution in [1.82, 2.24) is 5.32 Å². The zero-order valence-electron chi connectivity index (χ0n) is 13.8. The molecular formula is C17H33NO2. The number of carbonyl (C=O) groups excluding carboxylic acids is 1. The van der Waals surface area contributed by atoms with Gasteiger partial charge in [0.2, 0.25) is 0 Å². The normalized spacial score (nSPS) is 26.6. The molecule has 20 heavy (non-hydrogen) atoms. The number of carbonyl (C=O) groups is 1. The van der Waals surface area contributed by atoms with Crippen LogP contribution in [-0.4, -0.2) is 18.7 Å². The van der Waals surface area contributed by atoms with Gasteiger partial charge in [-0.15, -0.1) is 0 Å². The average molecular weight is 283 g/mol. The lowest BCUT2D eigenvalue weighted by Gasteiger charge is -2.36. The molecule has 0 aromatic heterocycles. The number of ether oxygens (including phenoxy) is 1. The molecule has 0 radical (unpaired) electrons. The summed E-state index contributed by atoms with van der Waals surface area (Å²) >= 11 is 0. The van der Waals surface area contributed by atoms with Crippen molar-refractivity contribution in [2.45, 2.75) is 78.7 Å². The molecule has 1 fully saturated rings. The van der Waals surface area contributed by atoms with Crippen LogP contribution in [0.4, 0.5) is 4.79 Å². The SMILES string of the molecule is CCCCCCNC(=O)O[C@@H]1C[C@H](C)CC[C@H]1C(C)C. The van der Waals surface area contributed by atoms with Crippen LogP contribution < -0.4 is 5.32 Å². The van der Waals surface area contributed by atoms with Crippen LogP contribution in [0.25, 0.3) is 0 Å². The molecule has 0 aliphatic heterocycles. The van der Waals surface area contributed by atoms with Crippen molar-refractivity contribution in [3.8, 4) is 0 Å². The van der Waals surface area contributed by atoms with Crippen LogP contribution in [-0.2, 0) is 4.74 Å². The van der Waals surface area contributed by atoms with E-state index in [9.17, 15) is 4.79 Å². The van der Waals surface area contributed by atoms with Gasteiger partial charge in [-0.3, -0.25) is 0 Å². The highest BCUT2D eigenvalue weighted by atomic mass is 16.6. The highest BCUT2D eigenvalue weighted by Crippen LogP contribution is 2.35. The van der Waals surface area contributed by atoms with E-state index in [2.05, 4.69) is 33.0 Å². The lowest BCUT2D eigenvalue weighted by Crippen LogP contribution is -2.39. The number of amides is 1. The Morgan fingerprint density at radius 2 is 2.00 bits per heavy atom. The summed E-state index contributed by atoms with van der Waals surface area (Å²) in [7, 11) is 0. The second kappa shape index (κ2) is 9.25. The van der Waals surface area contributed by atoms with Gasteiger partial charge in [-0.05, 0) is 37.0 Å². The molecule has 0 heterocycles. The van der Waals surface area contributed by atoms with Crippen LogP contribution in [0.15, 0.2) is 0 Å². The van der Waals surface area contributed by atoms with Crippen LogP contribution in [0, 0.1) is 17.8 Å². The number of nitrogens with one attached hydrogen (secondary N) is 1. The third kappa shape index (κ3) is 6.15. The Labute approximate surface area is 124 Å². The van der Waals surface area contributed by atoms with Crippen LogP contribution >= 0.6 is 0 Å². The summed E-state index contributed by atoms with van der Waals surface area (Å²) in [6, 6.07) is 0. The van der Waals surface area contributed by atoms with Gasteiger partial charge in [-0.1, -0.05) is 53.4 Å². The minimum absolute atomic E-state index is 0.106. The van der Waals surface area contributed by atoms with Crippen molar-refractivity contribution in [2.24, 2.45) is 17.8 Å². The van der Waals surface area contributed by atoms with E-state index in [1.165, 1.54) is 32.1 Å². The van der Waals surface area contributed by atoms with E-state index >= 15 is 0 Å². The largest absolute Gasteiger partial charge is 0.446 e. The second-order valence-corrected chi connectivity index (χ2v) is 6.76. The smallest absolute Gasteiger partial charge is 0.407 e. The minimum Gasteiger partial charge on any atom is -0.446 e. The molecule has 0 bridgehead atoms. The molecule has 0 spiro atoms. The molecule has 0 unspecified atom stereocenters. The van der Waals surface area contributed by atoms with Gasteiger partial charge < -0.3 is 10.1 Å². The third-order valence-corrected chi connectivity index (χ3v) is 4.52. The van der Waals surface area contributed by atoms with E-state index in [1.54, 1.807) is 0 Å². The Kier molecular flexibility index (Phi) is 8.01. The molecule has 1 amide bonds. The van der Waals surface area contributed by atoms with Crippen molar-refractivity contribution >= 4 is 6.09 Å². The van der Waals surface area contributed by atoms with Crippen molar-refractivity contribution in [1.29, 1.82) is 0 Å². The van der Waals surface area contributed by atoms with Crippen LogP contribution in [0.5, 0.6) is 0 Å². The standard InChI is InChI=1S/C17H33NO2/c1-5-6-7-8-11-18-17(19)20-16-12-14(4)9-10-15(16)13(2)3/h13-16H,5-12H2,1-4H3,(H,18,19)/t14-,15+,16-/m1/s1. The van der Waals surface area contributed by atoms with E-state index in [0.29, 0.717) is 17.8 Å². The van der Waals surface area contributed by atoms with Gasteiger partial charge >= 0.3 is 6.09 Å². The lowest BCUT2D eigenvalue weighted by molar-refractivity contribution is 0.00623. The summed E-state index contributed by atoms with van der Waals surface area (Å²) in [4.78, 5) is 11.9. The Hall–Kier alpha value is -0.730. The number of unbranched alkanes of at least 4 members (excludes halogenated alkanes) is 3. The molecule has 3 heteroatoms. The van der Waals surface area contributed by atoms with E-state index in [0.717, 1.165) is 19.4 Å². The Morgan fingerprint density at radius 1 is 1.25 bits per heavy atom. The molecule has 3 nitrogen and oxygen atoms in total.